The highest BCUT2D eigenvalue weighted by atomic mass is 16.5. The fraction of sp³-hybridized carbons (Fsp3) is 0.308. The number of ether oxygens (including phenoxy) is 2. The van der Waals surface area contributed by atoms with Gasteiger partial charge in [0.25, 0.3) is 5.91 Å². The summed E-state index contributed by atoms with van der Waals surface area (Å²) in [5, 5.41) is 2.99. The molecule has 0 bridgehead atoms. The van der Waals surface area contributed by atoms with Gasteiger partial charge in [-0.2, -0.15) is 0 Å². The highest BCUT2D eigenvalue weighted by Crippen LogP contribution is 2.29. The van der Waals surface area contributed by atoms with Crippen LogP contribution in [0, 0.1) is 5.92 Å². The van der Waals surface area contributed by atoms with Crippen molar-refractivity contribution in [2.24, 2.45) is 5.92 Å². The maximum Gasteiger partial charge on any atom is 0.289 e. The number of likely N-dealkylation sites (tertiary alicyclic amines) is 1. The molecule has 1 aromatic heterocycles. The molecule has 2 aromatic carbocycles. The third kappa shape index (κ3) is 5.74. The minimum absolute atomic E-state index is 0.0599. The van der Waals surface area contributed by atoms with E-state index in [9.17, 15) is 9.59 Å². The van der Waals surface area contributed by atoms with Crippen molar-refractivity contribution in [2.45, 2.75) is 26.0 Å². The lowest BCUT2D eigenvalue weighted by atomic mass is 9.96. The van der Waals surface area contributed by atoms with Crippen LogP contribution in [0.3, 0.4) is 0 Å². The second kappa shape index (κ2) is 10.7. The highest BCUT2D eigenvalue weighted by Gasteiger charge is 2.29. The molecule has 1 fully saturated rings. The van der Waals surface area contributed by atoms with Crippen LogP contribution in [-0.4, -0.2) is 36.9 Å². The Morgan fingerprint density at radius 3 is 2.67 bits per heavy atom. The van der Waals surface area contributed by atoms with Gasteiger partial charge >= 0.3 is 0 Å². The lowest BCUT2D eigenvalue weighted by Crippen LogP contribution is -2.45. The van der Waals surface area contributed by atoms with E-state index in [2.05, 4.69) is 5.32 Å². The van der Waals surface area contributed by atoms with Crippen LogP contribution < -0.4 is 14.8 Å². The van der Waals surface area contributed by atoms with Crippen LogP contribution in [0.4, 0.5) is 0 Å². The number of nitrogens with zero attached hydrogens (tertiary/aromatic N) is 1. The molecule has 1 aliphatic heterocycles. The van der Waals surface area contributed by atoms with Gasteiger partial charge in [-0.15, -0.1) is 0 Å². The van der Waals surface area contributed by atoms with E-state index in [-0.39, 0.29) is 17.7 Å². The number of methoxy groups -OCH3 is 1. The Morgan fingerprint density at radius 2 is 1.91 bits per heavy atom. The highest BCUT2D eigenvalue weighted by molar-refractivity contribution is 5.92. The molecule has 1 saturated heterocycles. The van der Waals surface area contributed by atoms with Crippen molar-refractivity contribution in [2.75, 3.05) is 20.2 Å². The molecule has 0 saturated carbocycles. The molecule has 33 heavy (non-hydrogen) atoms. The first kappa shape index (κ1) is 22.5. The predicted octanol–water partition coefficient (Wildman–Crippen LogP) is 4.04. The first-order valence-corrected chi connectivity index (χ1v) is 11.1. The molecule has 4 rings (SSSR count). The topological polar surface area (TPSA) is 81.0 Å². The quantitative estimate of drug-likeness (QED) is 0.563. The zero-order chi connectivity index (χ0) is 23.0. The van der Waals surface area contributed by atoms with Gasteiger partial charge in [0, 0.05) is 19.6 Å². The van der Waals surface area contributed by atoms with Gasteiger partial charge in [0.2, 0.25) is 5.91 Å². The zero-order valence-corrected chi connectivity index (χ0v) is 18.7. The van der Waals surface area contributed by atoms with Crippen LogP contribution in [-0.2, 0) is 17.9 Å². The van der Waals surface area contributed by atoms with E-state index in [1.54, 1.807) is 24.1 Å². The van der Waals surface area contributed by atoms with Crippen LogP contribution in [0.1, 0.15) is 34.5 Å². The standard InChI is InChI=1S/C26H28N2O5/c1-31-24-15-20(11-12-22(24)33-18-19-7-3-2-4-8-19)16-27-25(29)21-9-5-13-28(17-21)26(30)23-10-6-14-32-23/h2-4,6-8,10-12,14-15,21H,5,9,13,16-18H2,1H3,(H,27,29)/t21-/m1/s1. The summed E-state index contributed by atoms with van der Waals surface area (Å²) in [5.41, 5.74) is 1.98. The molecule has 7 nitrogen and oxygen atoms in total. The number of piperidine rings is 1. The Hall–Kier alpha value is -3.74. The summed E-state index contributed by atoms with van der Waals surface area (Å²) in [4.78, 5) is 27.0. The van der Waals surface area contributed by atoms with Crippen LogP contribution >= 0.6 is 0 Å². The Labute approximate surface area is 193 Å². The summed E-state index contributed by atoms with van der Waals surface area (Å²) in [6.07, 6.45) is 3.02. The predicted molar refractivity (Wildman–Crippen MR) is 123 cm³/mol. The number of nitrogens with one attached hydrogen (secondary N) is 1. The van der Waals surface area contributed by atoms with E-state index in [0.29, 0.717) is 43.5 Å². The molecule has 0 aliphatic carbocycles. The number of furan rings is 1. The second-order valence-corrected chi connectivity index (χ2v) is 8.04. The first-order chi connectivity index (χ1) is 16.1. The molecule has 0 spiro atoms. The van der Waals surface area contributed by atoms with Gasteiger partial charge in [0.15, 0.2) is 17.3 Å². The molecular weight excluding hydrogens is 420 g/mol. The number of carbonyl (C=O) groups is 2. The largest absolute Gasteiger partial charge is 0.493 e. The number of amides is 2. The summed E-state index contributed by atoms with van der Waals surface area (Å²) in [7, 11) is 1.60. The third-order valence-corrected chi connectivity index (χ3v) is 5.74. The van der Waals surface area contributed by atoms with Gasteiger partial charge < -0.3 is 24.1 Å². The van der Waals surface area contributed by atoms with Crippen molar-refractivity contribution < 1.29 is 23.5 Å². The normalized spacial score (nSPS) is 15.7. The average Bonchev–Trinajstić information content (AvgIpc) is 3.41. The van der Waals surface area contributed by atoms with E-state index in [1.165, 1.54) is 6.26 Å². The number of benzene rings is 2. The van der Waals surface area contributed by atoms with Gasteiger partial charge in [-0.3, -0.25) is 9.59 Å². The lowest BCUT2D eigenvalue weighted by molar-refractivity contribution is -0.126. The smallest absolute Gasteiger partial charge is 0.289 e. The van der Waals surface area contributed by atoms with E-state index in [0.717, 1.165) is 24.0 Å². The number of carbonyl (C=O) groups excluding carboxylic acids is 2. The molecule has 2 heterocycles. The van der Waals surface area contributed by atoms with E-state index < -0.39 is 0 Å². The fourth-order valence-electron chi connectivity index (χ4n) is 3.94. The SMILES string of the molecule is COc1cc(CNC(=O)[C@@H]2CCCN(C(=O)c3ccco3)C2)ccc1OCc1ccccc1. The molecule has 0 radical (unpaired) electrons. The van der Waals surface area contributed by atoms with E-state index in [4.69, 9.17) is 13.9 Å². The van der Waals surface area contributed by atoms with Gasteiger partial charge in [-0.05, 0) is 48.2 Å². The molecule has 1 N–H and O–H groups in total. The van der Waals surface area contributed by atoms with E-state index >= 15 is 0 Å². The zero-order valence-electron chi connectivity index (χ0n) is 18.7. The third-order valence-electron chi connectivity index (χ3n) is 5.74. The van der Waals surface area contributed by atoms with Crippen LogP contribution in [0.15, 0.2) is 71.3 Å². The molecule has 1 atom stereocenters. The van der Waals surface area contributed by atoms with Crippen molar-refractivity contribution in [1.29, 1.82) is 0 Å². The fourth-order valence-corrected chi connectivity index (χ4v) is 3.94. The molecule has 2 amide bonds. The number of rotatable bonds is 8. The van der Waals surface area contributed by atoms with Crippen molar-refractivity contribution in [1.82, 2.24) is 10.2 Å². The van der Waals surface area contributed by atoms with Gasteiger partial charge in [-0.1, -0.05) is 36.4 Å². The van der Waals surface area contributed by atoms with Crippen LogP contribution in [0.2, 0.25) is 0 Å². The van der Waals surface area contributed by atoms with Crippen LogP contribution in [0.25, 0.3) is 0 Å². The van der Waals surface area contributed by atoms with Crippen molar-refractivity contribution in [3.8, 4) is 11.5 Å². The number of hydrogen-bond acceptors (Lipinski definition) is 5. The Morgan fingerprint density at radius 1 is 1.06 bits per heavy atom. The van der Waals surface area contributed by atoms with Crippen molar-refractivity contribution in [3.05, 3.63) is 83.8 Å². The molecule has 172 valence electrons. The molecule has 7 heteroatoms. The Bertz CT molecular complexity index is 1070. The Balaban J connectivity index is 1.31. The molecule has 3 aromatic rings. The first-order valence-electron chi connectivity index (χ1n) is 11.1. The lowest BCUT2D eigenvalue weighted by Gasteiger charge is -2.31. The summed E-state index contributed by atoms with van der Waals surface area (Å²) in [5.74, 6) is 1.09. The number of hydrogen-bond donors (Lipinski definition) is 1. The van der Waals surface area contributed by atoms with Crippen molar-refractivity contribution >= 4 is 11.8 Å². The minimum atomic E-state index is -0.243. The second-order valence-electron chi connectivity index (χ2n) is 8.04. The van der Waals surface area contributed by atoms with Crippen LogP contribution in [0.5, 0.6) is 11.5 Å². The summed E-state index contributed by atoms with van der Waals surface area (Å²) >= 11 is 0. The summed E-state index contributed by atoms with van der Waals surface area (Å²) in [6.45, 7) is 1.84. The molecular formula is C26H28N2O5. The summed E-state index contributed by atoms with van der Waals surface area (Å²) in [6, 6.07) is 18.9. The van der Waals surface area contributed by atoms with E-state index in [1.807, 2.05) is 48.5 Å². The maximum atomic E-state index is 12.8. The van der Waals surface area contributed by atoms with Gasteiger partial charge in [0.1, 0.15) is 6.61 Å². The summed E-state index contributed by atoms with van der Waals surface area (Å²) < 4.78 is 16.6. The molecule has 1 aliphatic rings. The monoisotopic (exact) mass is 448 g/mol. The average molecular weight is 449 g/mol. The maximum absolute atomic E-state index is 12.8. The minimum Gasteiger partial charge on any atom is -0.493 e. The van der Waals surface area contributed by atoms with Gasteiger partial charge in [0.05, 0.1) is 19.3 Å². The molecule has 0 unspecified atom stereocenters. The Kier molecular flexibility index (Phi) is 7.29. The van der Waals surface area contributed by atoms with Gasteiger partial charge in [-0.25, -0.2) is 0 Å². The van der Waals surface area contributed by atoms with Crippen molar-refractivity contribution in [3.63, 3.8) is 0 Å².